The van der Waals surface area contributed by atoms with Crippen LogP contribution in [0.2, 0.25) is 0 Å². The molecular weight excluding hydrogens is 239 g/mol. The molecule has 1 aliphatic rings. The van der Waals surface area contributed by atoms with Gasteiger partial charge >= 0.3 is 5.97 Å². The molecule has 2 radical (unpaired) electrons. The molecule has 1 aromatic rings. The van der Waals surface area contributed by atoms with Crippen LogP contribution in [-0.2, 0) is 11.3 Å². The van der Waals surface area contributed by atoms with Gasteiger partial charge in [-0.1, -0.05) is 30.3 Å². The van der Waals surface area contributed by atoms with E-state index in [9.17, 15) is 4.79 Å². The van der Waals surface area contributed by atoms with Gasteiger partial charge in [0.05, 0.1) is 6.42 Å². The number of carboxylic acids is 1. The summed E-state index contributed by atoms with van der Waals surface area (Å²) in [6, 6.07) is 10.1. The number of carboxylic acid groups (broad SMARTS) is 1. The average Bonchev–Trinajstić information content (AvgIpc) is 2.39. The minimum atomic E-state index is -0.773. The lowest BCUT2D eigenvalue weighted by molar-refractivity contribution is -0.139. The van der Waals surface area contributed by atoms with Crippen molar-refractivity contribution in [1.82, 2.24) is 9.71 Å². The molecule has 1 aromatic carbocycles. The van der Waals surface area contributed by atoms with Gasteiger partial charge in [0.15, 0.2) is 7.98 Å². The zero-order chi connectivity index (χ0) is 13.8. The van der Waals surface area contributed by atoms with Crippen molar-refractivity contribution < 1.29 is 9.90 Å². The van der Waals surface area contributed by atoms with Gasteiger partial charge in [0.1, 0.15) is 0 Å². The second kappa shape index (κ2) is 6.22. The maximum atomic E-state index is 11.0. The number of hydrogen-bond acceptors (Lipinski definition) is 3. The molecule has 2 rings (SSSR count). The van der Waals surface area contributed by atoms with Crippen LogP contribution in [0.25, 0.3) is 0 Å². The Morgan fingerprint density at radius 3 is 2.68 bits per heavy atom. The number of aliphatic carboxylic acids is 1. The Bertz CT molecular complexity index is 427. The fraction of sp³-hybridized carbons (Fsp3) is 0.500. The molecule has 0 bridgehead atoms. The smallest absolute Gasteiger partial charge is 0.304 e. The molecule has 1 N–H and O–H groups in total. The zero-order valence-corrected chi connectivity index (χ0v) is 11.2. The summed E-state index contributed by atoms with van der Waals surface area (Å²) >= 11 is 0. The Kier molecular flexibility index (Phi) is 4.61. The van der Waals surface area contributed by atoms with Crippen LogP contribution >= 0.6 is 0 Å². The Morgan fingerprint density at radius 1 is 1.37 bits per heavy atom. The fourth-order valence-electron chi connectivity index (χ4n) is 2.63. The second-order valence-corrected chi connectivity index (χ2v) is 5.10. The number of rotatable bonds is 4. The van der Waals surface area contributed by atoms with Gasteiger partial charge in [-0.05, 0) is 19.0 Å². The lowest BCUT2D eigenvalue weighted by Crippen LogP contribution is -2.57. The molecule has 2 atom stereocenters. The summed E-state index contributed by atoms with van der Waals surface area (Å²) < 4.78 is 0. The number of nitrogens with zero attached hydrogens (tertiary/aromatic N) is 2. The molecule has 0 spiro atoms. The lowest BCUT2D eigenvalue weighted by atomic mass is 9.96. The molecule has 100 valence electrons. The van der Waals surface area contributed by atoms with Crippen molar-refractivity contribution in [2.75, 3.05) is 13.1 Å². The van der Waals surface area contributed by atoms with E-state index < -0.39 is 5.97 Å². The highest BCUT2D eigenvalue weighted by Crippen LogP contribution is 2.20. The third-order valence-electron chi connectivity index (χ3n) is 3.81. The highest BCUT2D eigenvalue weighted by atomic mass is 16.4. The summed E-state index contributed by atoms with van der Waals surface area (Å²) in [7, 11) is 5.91. The van der Waals surface area contributed by atoms with E-state index in [2.05, 4.69) is 17.0 Å². The van der Waals surface area contributed by atoms with Crippen molar-refractivity contribution in [2.45, 2.75) is 32.0 Å². The minimum absolute atomic E-state index is 0.0449. The van der Waals surface area contributed by atoms with Gasteiger partial charge in [0.2, 0.25) is 0 Å². The number of carbonyl (C=O) groups is 1. The summed E-state index contributed by atoms with van der Waals surface area (Å²) in [6.45, 7) is 4.33. The third-order valence-corrected chi connectivity index (χ3v) is 3.81. The highest BCUT2D eigenvalue weighted by Gasteiger charge is 2.32. The van der Waals surface area contributed by atoms with Gasteiger partial charge in [0.25, 0.3) is 0 Å². The summed E-state index contributed by atoms with van der Waals surface area (Å²) in [5.74, 6) is -0.773. The van der Waals surface area contributed by atoms with Crippen LogP contribution in [0.1, 0.15) is 18.9 Å². The first-order chi connectivity index (χ1) is 9.08. The first kappa shape index (κ1) is 14.1. The van der Waals surface area contributed by atoms with Crippen LogP contribution in [0.3, 0.4) is 0 Å². The standard InChI is InChI=1S/C14H19BN2O2/c1-11-13(9-14(18)19)16(7-8-17(11)15)10-12-5-3-2-4-6-12/h2-6,11,13H,7-10H2,1H3,(H,18,19). The van der Waals surface area contributed by atoms with Gasteiger partial charge in [-0.25, -0.2) is 0 Å². The summed E-state index contributed by atoms with van der Waals surface area (Å²) in [6.07, 6.45) is 0.127. The molecular formula is C14H19BN2O2. The summed E-state index contributed by atoms with van der Waals surface area (Å²) in [4.78, 5) is 15.0. The van der Waals surface area contributed by atoms with Crippen LogP contribution < -0.4 is 0 Å². The maximum Gasteiger partial charge on any atom is 0.304 e. The van der Waals surface area contributed by atoms with E-state index in [1.807, 2.05) is 25.1 Å². The normalized spacial score (nSPS) is 25.3. The van der Waals surface area contributed by atoms with E-state index in [1.165, 1.54) is 5.56 Å². The zero-order valence-electron chi connectivity index (χ0n) is 11.2. The molecule has 0 amide bonds. The fourth-order valence-corrected chi connectivity index (χ4v) is 2.63. The SMILES string of the molecule is [B]N1CCN(Cc2ccccc2)C(CC(=O)O)C1C. The molecule has 4 nitrogen and oxygen atoms in total. The maximum absolute atomic E-state index is 11.0. The molecule has 19 heavy (non-hydrogen) atoms. The van der Waals surface area contributed by atoms with Crippen molar-refractivity contribution in [3.63, 3.8) is 0 Å². The number of hydrogen-bond donors (Lipinski definition) is 1. The molecule has 5 heteroatoms. The highest BCUT2D eigenvalue weighted by molar-refractivity contribution is 6.04. The van der Waals surface area contributed by atoms with E-state index in [1.54, 1.807) is 4.81 Å². The largest absolute Gasteiger partial charge is 0.481 e. The van der Waals surface area contributed by atoms with Crippen LogP contribution in [0.4, 0.5) is 0 Å². The molecule has 1 fully saturated rings. The predicted molar refractivity (Wildman–Crippen MR) is 74.8 cm³/mol. The van der Waals surface area contributed by atoms with Crippen molar-refractivity contribution in [2.24, 2.45) is 0 Å². The quantitative estimate of drug-likeness (QED) is 0.822. The Balaban J connectivity index is 2.10. The molecule has 0 aromatic heterocycles. The van der Waals surface area contributed by atoms with Gasteiger partial charge in [0, 0.05) is 25.2 Å². The molecule has 0 aliphatic carbocycles. The molecule has 1 aliphatic heterocycles. The Labute approximate surface area is 115 Å². The van der Waals surface area contributed by atoms with E-state index in [-0.39, 0.29) is 18.5 Å². The second-order valence-electron chi connectivity index (χ2n) is 5.10. The van der Waals surface area contributed by atoms with E-state index >= 15 is 0 Å². The van der Waals surface area contributed by atoms with Crippen LogP contribution in [0.15, 0.2) is 30.3 Å². The monoisotopic (exact) mass is 258 g/mol. The summed E-state index contributed by atoms with van der Waals surface area (Å²) in [5, 5.41) is 9.07. The summed E-state index contributed by atoms with van der Waals surface area (Å²) in [5.41, 5.74) is 1.20. The number of piperazine rings is 1. The molecule has 0 saturated carbocycles. The van der Waals surface area contributed by atoms with E-state index in [0.29, 0.717) is 0 Å². The molecule has 2 unspecified atom stereocenters. The Morgan fingerprint density at radius 2 is 2.05 bits per heavy atom. The Hall–Kier alpha value is -1.33. The van der Waals surface area contributed by atoms with Crippen LogP contribution in [0, 0.1) is 0 Å². The van der Waals surface area contributed by atoms with Gasteiger partial charge in [-0.2, -0.15) is 0 Å². The molecule has 1 saturated heterocycles. The van der Waals surface area contributed by atoms with Gasteiger partial charge < -0.3 is 9.92 Å². The van der Waals surface area contributed by atoms with Crippen molar-refractivity contribution in [3.05, 3.63) is 35.9 Å². The topological polar surface area (TPSA) is 43.8 Å². The van der Waals surface area contributed by atoms with Crippen LogP contribution in [-0.4, -0.2) is 53.9 Å². The van der Waals surface area contributed by atoms with Gasteiger partial charge in [-0.3, -0.25) is 9.69 Å². The third kappa shape index (κ3) is 3.58. The van der Waals surface area contributed by atoms with Gasteiger partial charge in [-0.15, -0.1) is 0 Å². The van der Waals surface area contributed by atoms with Crippen LogP contribution in [0.5, 0.6) is 0 Å². The predicted octanol–water partition coefficient (Wildman–Crippen LogP) is 1.12. The van der Waals surface area contributed by atoms with Crippen molar-refractivity contribution in [3.8, 4) is 0 Å². The van der Waals surface area contributed by atoms with E-state index in [0.717, 1.165) is 19.6 Å². The lowest BCUT2D eigenvalue weighted by Gasteiger charge is -2.45. The van der Waals surface area contributed by atoms with Crippen molar-refractivity contribution >= 4 is 14.0 Å². The molecule has 1 heterocycles. The first-order valence-electron chi connectivity index (χ1n) is 6.59. The number of benzene rings is 1. The van der Waals surface area contributed by atoms with Crippen molar-refractivity contribution in [1.29, 1.82) is 0 Å². The first-order valence-corrected chi connectivity index (χ1v) is 6.59. The van der Waals surface area contributed by atoms with E-state index in [4.69, 9.17) is 13.1 Å². The minimum Gasteiger partial charge on any atom is -0.481 e. The average molecular weight is 258 g/mol.